The Morgan fingerprint density at radius 1 is 1.35 bits per heavy atom. The third-order valence-corrected chi connectivity index (χ3v) is 3.12. The molecule has 4 nitrogen and oxygen atoms in total. The van der Waals surface area contributed by atoms with E-state index in [4.69, 9.17) is 4.74 Å². The molecule has 2 rings (SSSR count). The van der Waals surface area contributed by atoms with Crippen LogP contribution >= 0.6 is 0 Å². The van der Waals surface area contributed by atoms with Crippen molar-refractivity contribution in [3.63, 3.8) is 0 Å². The van der Waals surface area contributed by atoms with Gasteiger partial charge in [0.1, 0.15) is 0 Å². The van der Waals surface area contributed by atoms with Crippen LogP contribution < -0.4 is 5.32 Å². The van der Waals surface area contributed by atoms with Crippen molar-refractivity contribution in [2.45, 2.75) is 38.5 Å². The van der Waals surface area contributed by atoms with E-state index >= 15 is 0 Å². The lowest BCUT2D eigenvalue weighted by Gasteiger charge is -2.28. The molecule has 2 unspecified atom stereocenters. The molecule has 0 aliphatic carbocycles. The zero-order valence-corrected chi connectivity index (χ0v) is 10.0. The van der Waals surface area contributed by atoms with E-state index in [0.717, 1.165) is 25.0 Å². The molecule has 94 valence electrons. The largest absolute Gasteiger partial charge is 0.504 e. The number of phenolic OH excluding ortho intramolecular Hbond substituents is 2. The standard InChI is InChI=1S/C13H19NO3/c1-9-6-11(4-5-17-9)14-8-10-2-3-12(15)13(16)7-10/h2-3,7,9,11,14-16H,4-6,8H2,1H3. The minimum atomic E-state index is -0.0755. The number of aromatic hydroxyl groups is 2. The molecule has 1 saturated heterocycles. The van der Waals surface area contributed by atoms with Crippen molar-refractivity contribution in [3.05, 3.63) is 23.8 Å². The molecular weight excluding hydrogens is 218 g/mol. The van der Waals surface area contributed by atoms with Crippen LogP contribution in [-0.2, 0) is 11.3 Å². The highest BCUT2D eigenvalue weighted by Gasteiger charge is 2.18. The molecule has 1 fully saturated rings. The molecule has 3 N–H and O–H groups in total. The normalized spacial score (nSPS) is 24.8. The molecule has 1 heterocycles. The summed E-state index contributed by atoms with van der Waals surface area (Å²) < 4.78 is 5.48. The Morgan fingerprint density at radius 3 is 2.88 bits per heavy atom. The highest BCUT2D eigenvalue weighted by atomic mass is 16.5. The summed E-state index contributed by atoms with van der Waals surface area (Å²) in [6.07, 6.45) is 2.35. The molecule has 1 aliphatic rings. The van der Waals surface area contributed by atoms with Gasteiger partial charge >= 0.3 is 0 Å². The Bertz CT molecular complexity index is 381. The number of benzene rings is 1. The second-order valence-corrected chi connectivity index (χ2v) is 4.61. The van der Waals surface area contributed by atoms with Crippen molar-refractivity contribution in [2.75, 3.05) is 6.61 Å². The minimum Gasteiger partial charge on any atom is -0.504 e. The number of hydrogen-bond donors (Lipinski definition) is 3. The summed E-state index contributed by atoms with van der Waals surface area (Å²) in [5.74, 6) is -0.141. The SMILES string of the molecule is CC1CC(NCc2ccc(O)c(O)c2)CCO1. The quantitative estimate of drug-likeness (QED) is 0.701. The van der Waals surface area contributed by atoms with Crippen molar-refractivity contribution < 1.29 is 14.9 Å². The van der Waals surface area contributed by atoms with Crippen molar-refractivity contribution in [1.29, 1.82) is 0 Å². The van der Waals surface area contributed by atoms with E-state index < -0.39 is 0 Å². The van der Waals surface area contributed by atoms with E-state index in [1.807, 2.05) is 6.07 Å². The molecule has 17 heavy (non-hydrogen) atoms. The van der Waals surface area contributed by atoms with Gasteiger partial charge in [-0.05, 0) is 37.5 Å². The molecule has 0 bridgehead atoms. The Kier molecular flexibility index (Phi) is 3.86. The van der Waals surface area contributed by atoms with Crippen LogP contribution in [0.4, 0.5) is 0 Å². The first-order valence-electron chi connectivity index (χ1n) is 6.01. The molecule has 1 aromatic carbocycles. The van der Waals surface area contributed by atoms with E-state index in [9.17, 15) is 10.2 Å². The third-order valence-electron chi connectivity index (χ3n) is 3.12. The van der Waals surface area contributed by atoms with Gasteiger partial charge < -0.3 is 20.3 Å². The average molecular weight is 237 g/mol. The van der Waals surface area contributed by atoms with Crippen LogP contribution in [0.1, 0.15) is 25.3 Å². The van der Waals surface area contributed by atoms with Crippen LogP contribution in [0.5, 0.6) is 11.5 Å². The fourth-order valence-corrected chi connectivity index (χ4v) is 2.12. The Labute approximate surface area is 101 Å². The van der Waals surface area contributed by atoms with Gasteiger partial charge in [-0.1, -0.05) is 6.07 Å². The Morgan fingerprint density at radius 2 is 2.18 bits per heavy atom. The summed E-state index contributed by atoms with van der Waals surface area (Å²) in [4.78, 5) is 0. The van der Waals surface area contributed by atoms with Crippen LogP contribution in [0.2, 0.25) is 0 Å². The fraction of sp³-hybridized carbons (Fsp3) is 0.538. The highest BCUT2D eigenvalue weighted by molar-refractivity contribution is 5.40. The summed E-state index contributed by atoms with van der Waals surface area (Å²) in [7, 11) is 0. The fourth-order valence-electron chi connectivity index (χ4n) is 2.12. The first kappa shape index (κ1) is 12.2. The van der Waals surface area contributed by atoms with Crippen LogP contribution in [0.25, 0.3) is 0 Å². The van der Waals surface area contributed by atoms with E-state index in [2.05, 4.69) is 12.2 Å². The minimum absolute atomic E-state index is 0.0651. The first-order chi connectivity index (χ1) is 8.15. The average Bonchev–Trinajstić information content (AvgIpc) is 2.31. The van der Waals surface area contributed by atoms with Gasteiger partial charge in [0, 0.05) is 19.2 Å². The van der Waals surface area contributed by atoms with Gasteiger partial charge in [0.05, 0.1) is 6.10 Å². The summed E-state index contributed by atoms with van der Waals surface area (Å²) in [5, 5.41) is 22.0. The van der Waals surface area contributed by atoms with Crippen LogP contribution in [0.3, 0.4) is 0 Å². The molecule has 1 aliphatic heterocycles. The van der Waals surface area contributed by atoms with Crippen molar-refractivity contribution in [1.82, 2.24) is 5.32 Å². The predicted octanol–water partition coefficient (Wildman–Crippen LogP) is 1.75. The lowest BCUT2D eigenvalue weighted by molar-refractivity contribution is 0.0130. The number of hydrogen-bond acceptors (Lipinski definition) is 4. The van der Waals surface area contributed by atoms with Crippen LogP contribution in [0.15, 0.2) is 18.2 Å². The summed E-state index contributed by atoms with van der Waals surface area (Å²) in [5.41, 5.74) is 0.972. The van der Waals surface area contributed by atoms with Crippen LogP contribution in [0, 0.1) is 0 Å². The zero-order chi connectivity index (χ0) is 12.3. The molecule has 2 atom stereocenters. The van der Waals surface area contributed by atoms with Gasteiger partial charge in [-0.2, -0.15) is 0 Å². The van der Waals surface area contributed by atoms with Crippen LogP contribution in [-0.4, -0.2) is 29.0 Å². The second kappa shape index (κ2) is 5.38. The van der Waals surface area contributed by atoms with Gasteiger partial charge in [-0.25, -0.2) is 0 Å². The third kappa shape index (κ3) is 3.35. The first-order valence-corrected chi connectivity index (χ1v) is 6.01. The van der Waals surface area contributed by atoms with Gasteiger partial charge in [0.15, 0.2) is 11.5 Å². The molecule has 0 radical (unpaired) electrons. The number of phenols is 2. The molecule has 0 amide bonds. The topological polar surface area (TPSA) is 61.7 Å². The maximum atomic E-state index is 9.38. The molecule has 0 aromatic heterocycles. The molecule has 4 heteroatoms. The number of ether oxygens (including phenoxy) is 1. The maximum Gasteiger partial charge on any atom is 0.157 e. The molecule has 0 saturated carbocycles. The summed E-state index contributed by atoms with van der Waals surface area (Å²) >= 11 is 0. The van der Waals surface area contributed by atoms with Gasteiger partial charge in [0.2, 0.25) is 0 Å². The van der Waals surface area contributed by atoms with Crippen molar-refractivity contribution in [3.8, 4) is 11.5 Å². The molecule has 1 aromatic rings. The molecular formula is C13H19NO3. The predicted molar refractivity (Wildman–Crippen MR) is 65.0 cm³/mol. The Hall–Kier alpha value is -1.26. The van der Waals surface area contributed by atoms with E-state index in [1.165, 1.54) is 6.07 Å². The van der Waals surface area contributed by atoms with Gasteiger partial charge in [0.25, 0.3) is 0 Å². The monoisotopic (exact) mass is 237 g/mol. The lowest BCUT2D eigenvalue weighted by Crippen LogP contribution is -2.37. The smallest absolute Gasteiger partial charge is 0.157 e. The second-order valence-electron chi connectivity index (χ2n) is 4.61. The number of nitrogens with one attached hydrogen (secondary N) is 1. The lowest BCUT2D eigenvalue weighted by atomic mass is 10.0. The van der Waals surface area contributed by atoms with Crippen molar-refractivity contribution in [2.24, 2.45) is 0 Å². The van der Waals surface area contributed by atoms with Crippen molar-refractivity contribution >= 4 is 0 Å². The van der Waals surface area contributed by atoms with Gasteiger partial charge in [-0.15, -0.1) is 0 Å². The highest BCUT2D eigenvalue weighted by Crippen LogP contribution is 2.25. The van der Waals surface area contributed by atoms with Gasteiger partial charge in [-0.3, -0.25) is 0 Å². The van der Waals surface area contributed by atoms with E-state index in [0.29, 0.717) is 18.7 Å². The summed E-state index contributed by atoms with van der Waals surface area (Å²) in [6, 6.07) is 5.38. The summed E-state index contributed by atoms with van der Waals surface area (Å²) in [6.45, 7) is 3.59. The number of rotatable bonds is 3. The van der Waals surface area contributed by atoms with E-state index in [-0.39, 0.29) is 11.5 Å². The Balaban J connectivity index is 1.86. The van der Waals surface area contributed by atoms with E-state index in [1.54, 1.807) is 6.07 Å². The molecule has 0 spiro atoms. The maximum absolute atomic E-state index is 9.38. The zero-order valence-electron chi connectivity index (χ0n) is 10.0.